The number of nitrogens with zero attached hydrogens (tertiary/aromatic N) is 1. The Kier molecular flexibility index (Phi) is 7.78. The number of anilines is 2. The van der Waals surface area contributed by atoms with Gasteiger partial charge in [0.25, 0.3) is 0 Å². The van der Waals surface area contributed by atoms with Gasteiger partial charge in [0.1, 0.15) is 30.3 Å². The molecule has 34 heavy (non-hydrogen) atoms. The number of benzene rings is 3. The Morgan fingerprint density at radius 2 is 1.85 bits per heavy atom. The largest absolute Gasteiger partial charge is 0.492 e. The third-order valence-electron chi connectivity index (χ3n) is 6.33. The molecule has 0 saturated carbocycles. The van der Waals surface area contributed by atoms with Crippen LogP contribution in [-0.4, -0.2) is 26.0 Å². The van der Waals surface area contributed by atoms with Gasteiger partial charge in [-0.2, -0.15) is 0 Å². The normalized spacial score (nSPS) is 12.9. The van der Waals surface area contributed by atoms with Gasteiger partial charge in [0.2, 0.25) is 0 Å². The lowest BCUT2D eigenvalue weighted by molar-refractivity contribution is -0.107. The molecule has 4 rings (SSSR count). The Morgan fingerprint density at radius 1 is 1.06 bits per heavy atom. The van der Waals surface area contributed by atoms with E-state index in [0.717, 1.165) is 37.8 Å². The van der Waals surface area contributed by atoms with Gasteiger partial charge in [-0.15, -0.1) is 0 Å². The highest BCUT2D eigenvalue weighted by atomic mass is 19.1. The molecule has 178 valence electrons. The molecular weight excluding hydrogens is 434 g/mol. The fraction of sp³-hybridized carbons (Fsp3) is 0.321. The van der Waals surface area contributed by atoms with E-state index in [1.807, 2.05) is 6.07 Å². The third kappa shape index (κ3) is 5.74. The number of ether oxygens (including phenoxy) is 1. The first-order valence-electron chi connectivity index (χ1n) is 11.8. The van der Waals surface area contributed by atoms with E-state index in [9.17, 15) is 13.6 Å². The number of nitrogens with one attached hydrogen (secondary N) is 1. The van der Waals surface area contributed by atoms with Crippen LogP contribution in [0.2, 0.25) is 0 Å². The second-order valence-corrected chi connectivity index (χ2v) is 8.62. The molecule has 0 unspecified atom stereocenters. The molecule has 3 aromatic rings. The fourth-order valence-electron chi connectivity index (χ4n) is 4.50. The van der Waals surface area contributed by atoms with Crippen LogP contribution in [0.15, 0.2) is 54.6 Å². The summed E-state index contributed by atoms with van der Waals surface area (Å²) in [5.74, 6) is 0.102. The minimum Gasteiger partial charge on any atom is -0.492 e. The molecule has 0 saturated heterocycles. The summed E-state index contributed by atoms with van der Waals surface area (Å²) in [4.78, 5) is 12.9. The monoisotopic (exact) mass is 464 g/mol. The van der Waals surface area contributed by atoms with Crippen LogP contribution in [0.25, 0.3) is 0 Å². The Morgan fingerprint density at radius 3 is 2.62 bits per heavy atom. The molecule has 1 aliphatic rings. The lowest BCUT2D eigenvalue weighted by Crippen LogP contribution is -2.34. The smallest absolute Gasteiger partial charge is 0.128 e. The number of carbonyl (C=O) groups excluding carboxylic acids is 1. The van der Waals surface area contributed by atoms with Gasteiger partial charge in [-0.25, -0.2) is 8.78 Å². The van der Waals surface area contributed by atoms with E-state index in [1.54, 1.807) is 18.2 Å². The van der Waals surface area contributed by atoms with Gasteiger partial charge in [-0.1, -0.05) is 18.2 Å². The van der Waals surface area contributed by atoms with Gasteiger partial charge in [-0.3, -0.25) is 0 Å². The highest BCUT2D eigenvalue weighted by molar-refractivity contribution is 5.64. The molecule has 0 amide bonds. The highest BCUT2D eigenvalue weighted by Gasteiger charge is 2.20. The molecule has 0 fully saturated rings. The molecule has 0 spiro atoms. The number of hydrogen-bond donors (Lipinski definition) is 1. The van der Waals surface area contributed by atoms with Crippen molar-refractivity contribution in [1.29, 1.82) is 0 Å². The van der Waals surface area contributed by atoms with Gasteiger partial charge in [-0.05, 0) is 84.8 Å². The van der Waals surface area contributed by atoms with Crippen LogP contribution in [0.4, 0.5) is 20.2 Å². The summed E-state index contributed by atoms with van der Waals surface area (Å²) in [7, 11) is 0. The summed E-state index contributed by atoms with van der Waals surface area (Å²) in [5.41, 5.74) is 6.24. The Bertz CT molecular complexity index is 1130. The summed E-state index contributed by atoms with van der Waals surface area (Å²) in [6.45, 7) is 4.95. The van der Waals surface area contributed by atoms with Crippen LogP contribution in [-0.2, 0) is 24.2 Å². The van der Waals surface area contributed by atoms with Crippen molar-refractivity contribution >= 4 is 17.7 Å². The van der Waals surface area contributed by atoms with E-state index >= 15 is 0 Å². The van der Waals surface area contributed by atoms with E-state index in [2.05, 4.69) is 29.3 Å². The molecule has 4 nitrogen and oxygen atoms in total. The summed E-state index contributed by atoms with van der Waals surface area (Å²) >= 11 is 0. The van der Waals surface area contributed by atoms with Crippen molar-refractivity contribution in [2.75, 3.05) is 29.9 Å². The van der Waals surface area contributed by atoms with Gasteiger partial charge in [0.15, 0.2) is 0 Å². The van der Waals surface area contributed by atoms with E-state index < -0.39 is 0 Å². The van der Waals surface area contributed by atoms with Crippen LogP contribution in [0.1, 0.15) is 35.1 Å². The van der Waals surface area contributed by atoms with Crippen molar-refractivity contribution in [2.45, 2.75) is 39.2 Å². The lowest BCUT2D eigenvalue weighted by Gasteiger charge is -2.33. The molecule has 3 aromatic carbocycles. The molecule has 1 heterocycles. The molecule has 6 heteroatoms. The first-order chi connectivity index (χ1) is 16.5. The number of halogens is 2. The molecular formula is C28H30F2N2O2. The summed E-state index contributed by atoms with van der Waals surface area (Å²) in [6.07, 6.45) is 3.69. The Balaban J connectivity index is 1.41. The maximum absolute atomic E-state index is 14.3. The number of fused-ring (bicyclic) bond motifs is 1. The molecule has 0 aliphatic carbocycles. The maximum atomic E-state index is 14.3. The average molecular weight is 465 g/mol. The average Bonchev–Trinajstić information content (AvgIpc) is 2.84. The van der Waals surface area contributed by atoms with Crippen LogP contribution in [0.5, 0.6) is 5.75 Å². The van der Waals surface area contributed by atoms with E-state index in [4.69, 9.17) is 4.74 Å². The molecule has 0 atom stereocenters. The Labute approximate surface area is 199 Å². The topological polar surface area (TPSA) is 41.6 Å². The fourth-order valence-corrected chi connectivity index (χ4v) is 4.50. The molecule has 1 aliphatic heterocycles. The number of hydrogen-bond acceptors (Lipinski definition) is 4. The molecule has 0 aromatic heterocycles. The van der Waals surface area contributed by atoms with Gasteiger partial charge >= 0.3 is 0 Å². The van der Waals surface area contributed by atoms with Gasteiger partial charge in [0, 0.05) is 30.9 Å². The number of rotatable bonds is 10. The number of aryl methyl sites for hydroxylation is 2. The van der Waals surface area contributed by atoms with Gasteiger partial charge < -0.3 is 19.7 Å². The minimum absolute atomic E-state index is 0.273. The maximum Gasteiger partial charge on any atom is 0.128 e. The van der Waals surface area contributed by atoms with Crippen LogP contribution < -0.4 is 15.0 Å². The van der Waals surface area contributed by atoms with E-state index in [0.29, 0.717) is 43.0 Å². The van der Waals surface area contributed by atoms with Crippen molar-refractivity contribution in [2.24, 2.45) is 0 Å². The summed E-state index contributed by atoms with van der Waals surface area (Å²) in [5, 5.41) is 3.33. The predicted octanol–water partition coefficient (Wildman–Crippen LogP) is 5.85. The van der Waals surface area contributed by atoms with Crippen molar-refractivity contribution in [3.05, 3.63) is 88.5 Å². The predicted molar refractivity (Wildman–Crippen MR) is 132 cm³/mol. The number of aldehydes is 1. The van der Waals surface area contributed by atoms with Crippen LogP contribution in [0.3, 0.4) is 0 Å². The molecule has 1 N–H and O–H groups in total. The van der Waals surface area contributed by atoms with Crippen molar-refractivity contribution in [3.8, 4) is 5.75 Å². The first-order valence-corrected chi connectivity index (χ1v) is 11.8. The third-order valence-corrected chi connectivity index (χ3v) is 6.33. The zero-order valence-corrected chi connectivity index (χ0v) is 19.4. The van der Waals surface area contributed by atoms with Crippen molar-refractivity contribution in [3.63, 3.8) is 0 Å². The lowest BCUT2D eigenvalue weighted by atomic mass is 9.94. The minimum atomic E-state index is -0.290. The second kappa shape index (κ2) is 11.1. The highest BCUT2D eigenvalue weighted by Crippen LogP contribution is 2.33. The van der Waals surface area contributed by atoms with E-state index in [1.165, 1.54) is 35.0 Å². The van der Waals surface area contributed by atoms with Crippen LogP contribution >= 0.6 is 0 Å². The zero-order valence-electron chi connectivity index (χ0n) is 19.4. The van der Waals surface area contributed by atoms with Crippen molar-refractivity contribution < 1.29 is 18.3 Å². The van der Waals surface area contributed by atoms with Gasteiger partial charge in [0.05, 0.1) is 6.54 Å². The summed E-state index contributed by atoms with van der Waals surface area (Å²) in [6, 6.07) is 15.5. The van der Waals surface area contributed by atoms with Crippen LogP contribution in [0, 0.1) is 18.6 Å². The standard InChI is InChI=1S/C28H30F2N2O2/c1-20-23(19-31-25-11-8-21(5-3-16-33)27(30)18-25)7-6-22-4-2-14-32(28(20)22)15-17-34-26-12-9-24(29)10-13-26/h6-13,16,18,31H,2-5,14-15,17,19H2,1H3. The SMILES string of the molecule is Cc1c(CNc2ccc(CCC=O)c(F)c2)ccc2c1N(CCOc1ccc(F)cc1)CCC2. The number of carbonyl (C=O) groups is 1. The van der Waals surface area contributed by atoms with Crippen molar-refractivity contribution in [1.82, 2.24) is 0 Å². The Hall–Kier alpha value is -3.41. The quantitative estimate of drug-likeness (QED) is 0.382. The zero-order chi connectivity index (χ0) is 23.9. The first kappa shape index (κ1) is 23.7. The van der Waals surface area contributed by atoms with E-state index in [-0.39, 0.29) is 11.6 Å². The second-order valence-electron chi connectivity index (χ2n) is 8.62. The molecule has 0 radical (unpaired) electrons. The molecule has 0 bridgehead atoms. The summed E-state index contributed by atoms with van der Waals surface area (Å²) < 4.78 is 33.2.